The zero-order chi connectivity index (χ0) is 21.0. The highest BCUT2D eigenvalue weighted by Gasteiger charge is 2.51. The largest absolute Gasteiger partial charge is 0.497 e. The van der Waals surface area contributed by atoms with Crippen LogP contribution in [0.3, 0.4) is 0 Å². The molecule has 3 aliphatic rings. The number of hydrogen-bond donors (Lipinski definition) is 0. The number of hydrogen-bond acceptors (Lipinski definition) is 7. The first-order valence-electron chi connectivity index (χ1n) is 10.6. The Morgan fingerprint density at radius 3 is 2.63 bits per heavy atom. The molecule has 1 aromatic carbocycles. The van der Waals surface area contributed by atoms with Gasteiger partial charge in [0.1, 0.15) is 17.6 Å². The third-order valence-corrected chi connectivity index (χ3v) is 6.37. The second kappa shape index (κ2) is 9.22. The summed E-state index contributed by atoms with van der Waals surface area (Å²) in [5, 5.41) is 0. The van der Waals surface area contributed by atoms with Gasteiger partial charge in [0.25, 0.3) is 5.91 Å². The number of amides is 1. The molecule has 3 fully saturated rings. The zero-order valence-corrected chi connectivity index (χ0v) is 17.5. The zero-order valence-electron chi connectivity index (χ0n) is 17.5. The number of carbonyl (C=O) groups is 2. The van der Waals surface area contributed by atoms with E-state index in [1.807, 2.05) is 12.1 Å². The molecule has 1 unspecified atom stereocenters. The van der Waals surface area contributed by atoms with Gasteiger partial charge in [-0.3, -0.25) is 14.5 Å². The second-order valence-corrected chi connectivity index (χ2v) is 8.27. The average Bonchev–Trinajstić information content (AvgIpc) is 3.07. The molecule has 8 nitrogen and oxygen atoms in total. The summed E-state index contributed by atoms with van der Waals surface area (Å²) in [5.41, 5.74) is -0.443. The fourth-order valence-corrected chi connectivity index (χ4v) is 4.53. The topological polar surface area (TPSA) is 77.5 Å². The summed E-state index contributed by atoms with van der Waals surface area (Å²) in [4.78, 5) is 29.3. The molecule has 1 amide bonds. The van der Waals surface area contributed by atoms with Crippen LogP contribution in [0.4, 0.5) is 0 Å². The molecule has 1 atom stereocenters. The highest BCUT2D eigenvalue weighted by Crippen LogP contribution is 2.43. The van der Waals surface area contributed by atoms with Crippen LogP contribution >= 0.6 is 0 Å². The van der Waals surface area contributed by atoms with Crippen LogP contribution in [0.5, 0.6) is 11.5 Å². The molecule has 0 N–H and O–H groups in total. The quantitative estimate of drug-likeness (QED) is 0.645. The lowest BCUT2D eigenvalue weighted by Crippen LogP contribution is -2.46. The molecule has 3 saturated heterocycles. The molecular formula is C22H30N2O6. The van der Waals surface area contributed by atoms with E-state index in [2.05, 4.69) is 4.90 Å². The van der Waals surface area contributed by atoms with E-state index in [9.17, 15) is 9.59 Å². The van der Waals surface area contributed by atoms with Crippen molar-refractivity contribution < 1.29 is 28.5 Å². The van der Waals surface area contributed by atoms with Crippen LogP contribution in [0.25, 0.3) is 0 Å². The Labute approximate surface area is 177 Å². The van der Waals surface area contributed by atoms with Gasteiger partial charge >= 0.3 is 5.97 Å². The predicted octanol–water partition coefficient (Wildman–Crippen LogP) is 1.33. The maximum absolute atomic E-state index is 12.6. The van der Waals surface area contributed by atoms with Crippen molar-refractivity contribution in [2.45, 2.75) is 25.4 Å². The van der Waals surface area contributed by atoms with Crippen LogP contribution in [-0.4, -0.2) is 87.4 Å². The van der Waals surface area contributed by atoms with Crippen molar-refractivity contribution >= 4 is 11.9 Å². The van der Waals surface area contributed by atoms with Crippen LogP contribution < -0.4 is 9.47 Å². The number of likely N-dealkylation sites (tertiary alicyclic amines) is 1. The van der Waals surface area contributed by atoms with E-state index < -0.39 is 5.41 Å². The molecule has 1 spiro atoms. The van der Waals surface area contributed by atoms with Gasteiger partial charge in [0.05, 0.1) is 25.7 Å². The van der Waals surface area contributed by atoms with Gasteiger partial charge in [0.2, 0.25) is 0 Å². The van der Waals surface area contributed by atoms with Crippen molar-refractivity contribution in [2.24, 2.45) is 5.41 Å². The van der Waals surface area contributed by atoms with Crippen molar-refractivity contribution in [2.75, 3.05) is 59.7 Å². The van der Waals surface area contributed by atoms with Crippen LogP contribution in [0, 0.1) is 5.41 Å². The van der Waals surface area contributed by atoms with Gasteiger partial charge in [-0.05, 0) is 25.0 Å². The number of methoxy groups -OCH3 is 1. The molecule has 0 saturated carbocycles. The number of carbonyl (C=O) groups excluding carboxylic acids is 2. The predicted molar refractivity (Wildman–Crippen MR) is 108 cm³/mol. The molecule has 0 aliphatic carbocycles. The Morgan fingerprint density at radius 2 is 1.90 bits per heavy atom. The fourth-order valence-electron chi connectivity index (χ4n) is 4.53. The van der Waals surface area contributed by atoms with Gasteiger partial charge in [0.15, 0.2) is 6.61 Å². The molecule has 3 aliphatic heterocycles. The number of ether oxygens (including phenoxy) is 4. The molecule has 0 bridgehead atoms. The van der Waals surface area contributed by atoms with Gasteiger partial charge in [-0.15, -0.1) is 0 Å². The molecule has 3 heterocycles. The number of esters is 1. The molecule has 0 radical (unpaired) electrons. The van der Waals surface area contributed by atoms with E-state index in [1.165, 1.54) is 0 Å². The first kappa shape index (κ1) is 20.9. The molecular weight excluding hydrogens is 388 g/mol. The number of piperidine rings is 1. The SMILES string of the molecule is COc1cccc(OCC(=O)N2CCC3(CC2)CC(CN2CCOCC2)OC3=O)c1. The van der Waals surface area contributed by atoms with Crippen molar-refractivity contribution in [3.05, 3.63) is 24.3 Å². The van der Waals surface area contributed by atoms with Crippen LogP contribution in [-0.2, 0) is 19.1 Å². The highest BCUT2D eigenvalue weighted by molar-refractivity contribution is 5.81. The maximum Gasteiger partial charge on any atom is 0.312 e. The van der Waals surface area contributed by atoms with Gasteiger partial charge in [-0.1, -0.05) is 6.07 Å². The lowest BCUT2D eigenvalue weighted by molar-refractivity contribution is -0.153. The van der Waals surface area contributed by atoms with E-state index in [4.69, 9.17) is 18.9 Å². The summed E-state index contributed by atoms with van der Waals surface area (Å²) in [5.74, 6) is 1.12. The third kappa shape index (κ3) is 4.70. The first-order chi connectivity index (χ1) is 14.6. The maximum atomic E-state index is 12.6. The van der Waals surface area contributed by atoms with Crippen LogP contribution in [0.15, 0.2) is 24.3 Å². The molecule has 4 rings (SSSR count). The number of benzene rings is 1. The molecule has 30 heavy (non-hydrogen) atoms. The minimum atomic E-state index is -0.443. The minimum Gasteiger partial charge on any atom is -0.497 e. The molecule has 1 aromatic rings. The molecule has 0 aromatic heterocycles. The monoisotopic (exact) mass is 418 g/mol. The van der Waals surface area contributed by atoms with Crippen molar-refractivity contribution in [3.8, 4) is 11.5 Å². The van der Waals surface area contributed by atoms with Crippen LogP contribution in [0.2, 0.25) is 0 Å². The van der Waals surface area contributed by atoms with E-state index in [0.717, 1.165) is 39.3 Å². The van der Waals surface area contributed by atoms with E-state index in [1.54, 1.807) is 24.1 Å². The van der Waals surface area contributed by atoms with Gasteiger partial charge < -0.3 is 23.8 Å². The van der Waals surface area contributed by atoms with E-state index in [0.29, 0.717) is 37.4 Å². The molecule has 164 valence electrons. The number of cyclic esters (lactones) is 1. The Kier molecular flexibility index (Phi) is 6.43. The van der Waals surface area contributed by atoms with Crippen molar-refractivity contribution in [1.82, 2.24) is 9.80 Å². The van der Waals surface area contributed by atoms with Crippen LogP contribution in [0.1, 0.15) is 19.3 Å². The van der Waals surface area contributed by atoms with Gasteiger partial charge in [-0.2, -0.15) is 0 Å². The molecule has 8 heteroatoms. The second-order valence-electron chi connectivity index (χ2n) is 8.27. The summed E-state index contributed by atoms with van der Waals surface area (Å²) >= 11 is 0. The summed E-state index contributed by atoms with van der Waals surface area (Å²) in [6, 6.07) is 7.19. The standard InChI is InChI=1S/C22H30N2O6/c1-27-17-3-2-4-18(13-17)29-16-20(25)24-7-5-22(6-8-24)14-19(30-21(22)26)15-23-9-11-28-12-10-23/h2-4,13,19H,5-12,14-16H2,1H3. The van der Waals surface area contributed by atoms with Gasteiger partial charge in [-0.25, -0.2) is 0 Å². The average molecular weight is 418 g/mol. The van der Waals surface area contributed by atoms with E-state index >= 15 is 0 Å². The summed E-state index contributed by atoms with van der Waals surface area (Å²) < 4.78 is 21.9. The van der Waals surface area contributed by atoms with E-state index in [-0.39, 0.29) is 24.6 Å². The lowest BCUT2D eigenvalue weighted by atomic mass is 9.76. The van der Waals surface area contributed by atoms with Gasteiger partial charge in [0, 0.05) is 45.2 Å². The van der Waals surface area contributed by atoms with Crippen molar-refractivity contribution in [3.63, 3.8) is 0 Å². The third-order valence-electron chi connectivity index (χ3n) is 6.37. The first-order valence-corrected chi connectivity index (χ1v) is 10.6. The number of morpholine rings is 1. The Morgan fingerprint density at radius 1 is 1.17 bits per heavy atom. The summed E-state index contributed by atoms with van der Waals surface area (Å²) in [6.45, 7) is 5.10. The minimum absolute atomic E-state index is 0.0235. The number of nitrogens with zero attached hydrogens (tertiary/aromatic N) is 2. The summed E-state index contributed by atoms with van der Waals surface area (Å²) in [7, 11) is 1.59. The Hall–Kier alpha value is -2.32. The Balaban J connectivity index is 1.25. The van der Waals surface area contributed by atoms with Crippen molar-refractivity contribution in [1.29, 1.82) is 0 Å². The smallest absolute Gasteiger partial charge is 0.312 e. The summed E-state index contributed by atoms with van der Waals surface area (Å²) in [6.07, 6.45) is 1.98. The number of rotatable bonds is 6. The normalized spacial score (nSPS) is 24.0. The fraction of sp³-hybridized carbons (Fsp3) is 0.636. The highest BCUT2D eigenvalue weighted by atomic mass is 16.6. The lowest BCUT2D eigenvalue weighted by Gasteiger charge is -2.36. The Bertz CT molecular complexity index is 756.